The lowest BCUT2D eigenvalue weighted by atomic mass is 10.0. The highest BCUT2D eigenvalue weighted by Crippen LogP contribution is 2.30. The smallest absolute Gasteiger partial charge is 0.405 e. The molecule has 0 aromatic heterocycles. The second-order valence-corrected chi connectivity index (χ2v) is 7.45. The van der Waals surface area contributed by atoms with Crippen LogP contribution in [0.3, 0.4) is 0 Å². The largest absolute Gasteiger partial charge is 0.467 e. The van der Waals surface area contributed by atoms with E-state index in [4.69, 9.17) is 21.4 Å². The molecule has 0 aliphatic carbocycles. The highest BCUT2D eigenvalue weighted by Gasteiger charge is 2.26. The summed E-state index contributed by atoms with van der Waals surface area (Å²) in [7, 11) is 1.25. The van der Waals surface area contributed by atoms with Crippen molar-refractivity contribution in [3.8, 4) is 0 Å². The molecule has 0 spiro atoms. The van der Waals surface area contributed by atoms with Crippen LogP contribution in [0.4, 0.5) is 4.79 Å². The fourth-order valence-corrected chi connectivity index (χ4v) is 3.89. The Morgan fingerprint density at radius 2 is 1.81 bits per heavy atom. The fraction of sp³-hybridized carbons (Fsp3) is 0.263. The molecule has 1 unspecified atom stereocenters. The van der Waals surface area contributed by atoms with E-state index in [1.807, 2.05) is 42.5 Å². The van der Waals surface area contributed by atoms with Gasteiger partial charge in [0.1, 0.15) is 6.04 Å². The number of carbonyl (C=O) groups is 2. The molecule has 2 aromatic carbocycles. The first-order valence-electron chi connectivity index (χ1n) is 8.01. The Bertz CT molecular complexity index is 724. The van der Waals surface area contributed by atoms with Crippen molar-refractivity contribution >= 4 is 35.4 Å². The summed E-state index contributed by atoms with van der Waals surface area (Å²) in [6.45, 7) is 0. The van der Waals surface area contributed by atoms with Crippen molar-refractivity contribution in [1.29, 1.82) is 0 Å². The van der Waals surface area contributed by atoms with Crippen LogP contribution in [0.2, 0.25) is 5.02 Å². The number of methoxy groups -OCH3 is 1. The average molecular weight is 394 g/mol. The van der Waals surface area contributed by atoms with Gasteiger partial charge >= 0.3 is 12.1 Å². The van der Waals surface area contributed by atoms with Gasteiger partial charge in [0.15, 0.2) is 0 Å². The molecule has 0 bridgehead atoms. The zero-order valence-electron chi connectivity index (χ0n) is 14.2. The zero-order chi connectivity index (χ0) is 18.9. The number of hydrogen-bond donors (Lipinski definition) is 2. The summed E-state index contributed by atoms with van der Waals surface area (Å²) in [5.74, 6) is -0.595. The van der Waals surface area contributed by atoms with E-state index in [1.165, 1.54) is 7.11 Å². The maximum atomic E-state index is 12.0. The van der Waals surface area contributed by atoms with Crippen molar-refractivity contribution in [2.45, 2.75) is 29.0 Å². The Morgan fingerprint density at radius 1 is 1.15 bits per heavy atom. The van der Waals surface area contributed by atoms with Crippen LogP contribution >= 0.6 is 23.4 Å². The van der Waals surface area contributed by atoms with Gasteiger partial charge in [0.25, 0.3) is 0 Å². The molecule has 0 heterocycles. The van der Waals surface area contributed by atoms with E-state index < -0.39 is 18.1 Å². The van der Waals surface area contributed by atoms with Crippen molar-refractivity contribution < 1.29 is 19.4 Å². The summed E-state index contributed by atoms with van der Waals surface area (Å²) in [6, 6.07) is 16.3. The predicted octanol–water partition coefficient (Wildman–Crippen LogP) is 4.24. The molecule has 2 aromatic rings. The third-order valence-corrected chi connectivity index (χ3v) is 5.19. The molecule has 0 aliphatic heterocycles. The van der Waals surface area contributed by atoms with Crippen LogP contribution in [-0.2, 0) is 16.0 Å². The topological polar surface area (TPSA) is 75.6 Å². The highest BCUT2D eigenvalue weighted by atomic mass is 35.5. The van der Waals surface area contributed by atoms with Crippen LogP contribution in [-0.4, -0.2) is 35.6 Å². The molecule has 5 nitrogen and oxygen atoms in total. The second-order valence-electron chi connectivity index (χ2n) is 5.64. The zero-order valence-corrected chi connectivity index (χ0v) is 15.8. The molecule has 0 aliphatic rings. The minimum Gasteiger partial charge on any atom is -0.467 e. The molecule has 2 atom stereocenters. The van der Waals surface area contributed by atoms with Gasteiger partial charge in [-0.2, -0.15) is 0 Å². The maximum Gasteiger partial charge on any atom is 0.405 e. The number of amides is 1. The highest BCUT2D eigenvalue weighted by molar-refractivity contribution is 8.00. The number of hydrogen-bond acceptors (Lipinski definition) is 4. The standard InChI is InChI=1S/C19H20ClNO4S/c1-25-18(22)17(21-19(23)24)12-16(11-13-5-3-2-4-6-13)26-15-9-7-14(20)8-10-15/h2-10,16-17,21H,11-12H2,1H3,(H,23,24)/t16-,17?/m1/s1. The van der Waals surface area contributed by atoms with E-state index in [-0.39, 0.29) is 5.25 Å². The normalized spacial score (nSPS) is 12.8. The summed E-state index contributed by atoms with van der Waals surface area (Å²) < 4.78 is 4.74. The summed E-state index contributed by atoms with van der Waals surface area (Å²) in [6.07, 6.45) is -0.264. The van der Waals surface area contributed by atoms with E-state index in [0.29, 0.717) is 17.9 Å². The van der Waals surface area contributed by atoms with Crippen molar-refractivity contribution in [2.75, 3.05) is 7.11 Å². The van der Waals surface area contributed by atoms with Crippen molar-refractivity contribution in [3.05, 3.63) is 65.2 Å². The number of nitrogens with one attached hydrogen (secondary N) is 1. The number of esters is 1. The Morgan fingerprint density at radius 3 is 2.38 bits per heavy atom. The van der Waals surface area contributed by atoms with Crippen LogP contribution in [0.25, 0.3) is 0 Å². The molecule has 2 N–H and O–H groups in total. The van der Waals surface area contributed by atoms with E-state index in [9.17, 15) is 9.59 Å². The Hall–Kier alpha value is -2.18. The molecule has 0 saturated heterocycles. The summed E-state index contributed by atoms with van der Waals surface area (Å²) in [5, 5.41) is 11.9. The number of ether oxygens (including phenoxy) is 1. The average Bonchev–Trinajstić information content (AvgIpc) is 2.63. The van der Waals surface area contributed by atoms with E-state index in [2.05, 4.69) is 5.32 Å². The van der Waals surface area contributed by atoms with Crippen molar-refractivity contribution in [3.63, 3.8) is 0 Å². The molecular formula is C19H20ClNO4S. The number of carbonyl (C=O) groups excluding carboxylic acids is 1. The molecule has 1 amide bonds. The summed E-state index contributed by atoms with van der Waals surface area (Å²) >= 11 is 7.51. The van der Waals surface area contributed by atoms with Crippen LogP contribution in [0.5, 0.6) is 0 Å². The number of benzene rings is 2. The lowest BCUT2D eigenvalue weighted by molar-refractivity contribution is -0.143. The lowest BCUT2D eigenvalue weighted by Crippen LogP contribution is -2.42. The number of carboxylic acid groups (broad SMARTS) is 1. The summed E-state index contributed by atoms with van der Waals surface area (Å²) in [5.41, 5.74) is 1.11. The third-order valence-electron chi connectivity index (χ3n) is 3.70. The number of halogens is 1. The van der Waals surface area contributed by atoms with Crippen molar-refractivity contribution in [2.24, 2.45) is 0 Å². The Labute approximate surface area is 161 Å². The molecular weight excluding hydrogens is 374 g/mol. The first-order chi connectivity index (χ1) is 12.5. The maximum absolute atomic E-state index is 12.0. The SMILES string of the molecule is COC(=O)C(C[C@@H](Cc1ccccc1)Sc1ccc(Cl)cc1)NC(=O)O. The van der Waals surface area contributed by atoms with Crippen LogP contribution in [0.15, 0.2) is 59.5 Å². The lowest BCUT2D eigenvalue weighted by Gasteiger charge is -2.22. The Kier molecular flexibility index (Phi) is 7.81. The van der Waals surface area contributed by atoms with Crippen LogP contribution < -0.4 is 5.32 Å². The molecule has 7 heteroatoms. The second kappa shape index (κ2) is 10.1. The first kappa shape index (κ1) is 20.1. The molecule has 2 rings (SSSR count). The van der Waals surface area contributed by atoms with Crippen molar-refractivity contribution in [1.82, 2.24) is 5.32 Å². The minimum atomic E-state index is -1.25. The van der Waals surface area contributed by atoms with E-state index in [0.717, 1.165) is 10.5 Å². The van der Waals surface area contributed by atoms with Gasteiger partial charge in [-0.25, -0.2) is 9.59 Å². The quantitative estimate of drug-likeness (QED) is 0.518. The monoisotopic (exact) mass is 393 g/mol. The molecule has 0 saturated carbocycles. The van der Waals surface area contributed by atoms with Gasteiger partial charge in [0.2, 0.25) is 0 Å². The Balaban J connectivity index is 2.18. The van der Waals surface area contributed by atoms with Gasteiger partial charge in [0.05, 0.1) is 7.11 Å². The fourth-order valence-electron chi connectivity index (χ4n) is 2.52. The molecule has 138 valence electrons. The van der Waals surface area contributed by atoms with E-state index >= 15 is 0 Å². The molecule has 26 heavy (non-hydrogen) atoms. The van der Waals surface area contributed by atoms with Gasteiger partial charge in [-0.3, -0.25) is 0 Å². The third kappa shape index (κ3) is 6.61. The minimum absolute atomic E-state index is 0.0328. The summed E-state index contributed by atoms with van der Waals surface area (Å²) in [4.78, 5) is 24.0. The predicted molar refractivity (Wildman–Crippen MR) is 103 cm³/mol. The van der Waals surface area contributed by atoms with Gasteiger partial charge in [-0.1, -0.05) is 41.9 Å². The number of rotatable bonds is 8. The molecule has 0 fully saturated rings. The molecule has 0 radical (unpaired) electrons. The van der Waals surface area contributed by atoms with Gasteiger partial charge in [0, 0.05) is 15.2 Å². The van der Waals surface area contributed by atoms with Crippen LogP contribution in [0.1, 0.15) is 12.0 Å². The number of thioether (sulfide) groups is 1. The van der Waals surface area contributed by atoms with Gasteiger partial charge in [-0.15, -0.1) is 11.8 Å². The van der Waals surface area contributed by atoms with E-state index in [1.54, 1.807) is 23.9 Å². The van der Waals surface area contributed by atoms with Gasteiger partial charge in [-0.05, 0) is 42.7 Å². The first-order valence-corrected chi connectivity index (χ1v) is 9.27. The van der Waals surface area contributed by atoms with Gasteiger partial charge < -0.3 is 15.2 Å². The van der Waals surface area contributed by atoms with Crippen LogP contribution in [0, 0.1) is 0 Å².